The molecule has 1 heterocycles. The lowest BCUT2D eigenvalue weighted by Gasteiger charge is -2.13. The highest BCUT2D eigenvalue weighted by Crippen LogP contribution is 2.31. The molecule has 0 aliphatic carbocycles. The standard InChI is InChI=1S/C18H14N2O3/c1-20-17(21)15(18(22)23)14(12-8-4-2-5-9-12)16(19-20)13-10-6-3-7-11-13/h2-11H,1H3,(H,22,23). The molecule has 3 rings (SSSR count). The van der Waals surface area contributed by atoms with Gasteiger partial charge in [0.25, 0.3) is 5.56 Å². The molecule has 0 aliphatic rings. The topological polar surface area (TPSA) is 72.2 Å². The van der Waals surface area contributed by atoms with Crippen LogP contribution in [0.2, 0.25) is 0 Å². The smallest absolute Gasteiger partial charge is 0.342 e. The lowest BCUT2D eigenvalue weighted by Crippen LogP contribution is -2.28. The molecule has 0 bridgehead atoms. The number of aromatic carboxylic acids is 1. The number of benzene rings is 2. The summed E-state index contributed by atoms with van der Waals surface area (Å²) in [5, 5.41) is 13.9. The lowest BCUT2D eigenvalue weighted by atomic mass is 9.95. The second-order valence-corrected chi connectivity index (χ2v) is 5.06. The predicted octanol–water partition coefficient (Wildman–Crippen LogP) is 2.81. The van der Waals surface area contributed by atoms with Crippen LogP contribution in [0.15, 0.2) is 65.5 Å². The van der Waals surface area contributed by atoms with Gasteiger partial charge in [-0.05, 0) is 5.56 Å². The summed E-state index contributed by atoms with van der Waals surface area (Å²) < 4.78 is 1.07. The van der Waals surface area contributed by atoms with Crippen molar-refractivity contribution in [3.8, 4) is 22.4 Å². The molecule has 1 aromatic heterocycles. The minimum atomic E-state index is -1.26. The molecule has 1 N–H and O–H groups in total. The van der Waals surface area contributed by atoms with Crippen LogP contribution in [-0.4, -0.2) is 20.9 Å². The van der Waals surface area contributed by atoms with Gasteiger partial charge in [0.2, 0.25) is 0 Å². The largest absolute Gasteiger partial charge is 0.477 e. The Morgan fingerprint density at radius 1 is 0.957 bits per heavy atom. The molecule has 0 saturated carbocycles. The molecule has 0 saturated heterocycles. The predicted molar refractivity (Wildman–Crippen MR) is 87.3 cm³/mol. The van der Waals surface area contributed by atoms with E-state index in [1.54, 1.807) is 24.3 Å². The maximum absolute atomic E-state index is 12.3. The molecule has 0 fully saturated rings. The van der Waals surface area contributed by atoms with E-state index in [-0.39, 0.29) is 5.56 Å². The first-order valence-corrected chi connectivity index (χ1v) is 7.05. The molecular formula is C18H14N2O3. The monoisotopic (exact) mass is 306 g/mol. The van der Waals surface area contributed by atoms with E-state index in [9.17, 15) is 14.7 Å². The zero-order valence-electron chi connectivity index (χ0n) is 12.4. The van der Waals surface area contributed by atoms with Crippen molar-refractivity contribution in [2.24, 2.45) is 7.05 Å². The van der Waals surface area contributed by atoms with Crippen LogP contribution in [0.4, 0.5) is 0 Å². The van der Waals surface area contributed by atoms with E-state index in [2.05, 4.69) is 5.10 Å². The van der Waals surface area contributed by atoms with Crippen LogP contribution in [0.1, 0.15) is 10.4 Å². The number of carbonyl (C=O) groups is 1. The van der Waals surface area contributed by atoms with Crippen LogP contribution in [-0.2, 0) is 7.05 Å². The summed E-state index contributed by atoms with van der Waals surface area (Å²) in [4.78, 5) is 24.0. The molecule has 0 aliphatic heterocycles. The number of carboxylic acids is 1. The summed E-state index contributed by atoms with van der Waals surface area (Å²) in [6, 6.07) is 18.2. The average Bonchev–Trinajstić information content (AvgIpc) is 2.58. The molecule has 0 atom stereocenters. The molecule has 0 unspecified atom stereocenters. The van der Waals surface area contributed by atoms with E-state index in [1.807, 2.05) is 36.4 Å². The van der Waals surface area contributed by atoms with Crippen molar-refractivity contribution in [3.63, 3.8) is 0 Å². The van der Waals surface area contributed by atoms with Gasteiger partial charge in [0.05, 0.1) is 5.69 Å². The van der Waals surface area contributed by atoms with E-state index in [0.29, 0.717) is 16.8 Å². The Hall–Kier alpha value is -3.21. The zero-order valence-corrected chi connectivity index (χ0v) is 12.4. The Morgan fingerprint density at radius 3 is 2.00 bits per heavy atom. The fourth-order valence-electron chi connectivity index (χ4n) is 2.51. The van der Waals surface area contributed by atoms with Crippen molar-refractivity contribution in [2.75, 3.05) is 0 Å². The summed E-state index contributed by atoms with van der Waals surface area (Å²) in [6.45, 7) is 0. The summed E-state index contributed by atoms with van der Waals surface area (Å²) in [5.41, 5.74) is 1.31. The maximum Gasteiger partial charge on any atom is 0.342 e. The SMILES string of the molecule is Cn1nc(-c2ccccc2)c(-c2ccccc2)c(C(=O)O)c1=O. The van der Waals surface area contributed by atoms with E-state index in [4.69, 9.17) is 0 Å². The fourth-order valence-corrected chi connectivity index (χ4v) is 2.51. The van der Waals surface area contributed by atoms with Gasteiger partial charge in [-0.2, -0.15) is 5.10 Å². The average molecular weight is 306 g/mol. The van der Waals surface area contributed by atoms with Crippen molar-refractivity contribution in [2.45, 2.75) is 0 Å². The summed E-state index contributed by atoms with van der Waals surface area (Å²) in [5.74, 6) is -1.26. The van der Waals surface area contributed by atoms with Crippen LogP contribution in [0.5, 0.6) is 0 Å². The summed E-state index contributed by atoms with van der Waals surface area (Å²) in [6.07, 6.45) is 0. The Kier molecular flexibility index (Phi) is 3.76. The van der Waals surface area contributed by atoms with Crippen molar-refractivity contribution in [1.82, 2.24) is 9.78 Å². The Labute approximate surface area is 132 Å². The first-order valence-electron chi connectivity index (χ1n) is 7.05. The number of rotatable bonds is 3. The summed E-state index contributed by atoms with van der Waals surface area (Å²) >= 11 is 0. The number of hydrogen-bond acceptors (Lipinski definition) is 3. The second-order valence-electron chi connectivity index (χ2n) is 5.06. The van der Waals surface area contributed by atoms with Crippen molar-refractivity contribution >= 4 is 5.97 Å². The molecule has 23 heavy (non-hydrogen) atoms. The van der Waals surface area contributed by atoms with Gasteiger partial charge < -0.3 is 5.11 Å². The Bertz CT molecular complexity index is 916. The minimum Gasteiger partial charge on any atom is -0.477 e. The van der Waals surface area contributed by atoms with Crippen LogP contribution >= 0.6 is 0 Å². The number of nitrogens with zero attached hydrogens (tertiary/aromatic N) is 2. The molecule has 5 heteroatoms. The Balaban J connectivity index is 2.45. The minimum absolute atomic E-state index is 0.271. The van der Waals surface area contributed by atoms with Gasteiger partial charge in [-0.15, -0.1) is 0 Å². The third-order valence-electron chi connectivity index (χ3n) is 3.57. The van der Waals surface area contributed by atoms with Gasteiger partial charge in [0.1, 0.15) is 5.56 Å². The highest BCUT2D eigenvalue weighted by molar-refractivity contribution is 5.99. The molecule has 2 aromatic carbocycles. The van der Waals surface area contributed by atoms with Gasteiger partial charge in [-0.3, -0.25) is 4.79 Å². The van der Waals surface area contributed by atoms with Crippen molar-refractivity contribution in [1.29, 1.82) is 0 Å². The fraction of sp³-hybridized carbons (Fsp3) is 0.0556. The lowest BCUT2D eigenvalue weighted by molar-refractivity contribution is 0.0695. The molecule has 0 spiro atoms. The Morgan fingerprint density at radius 2 is 1.48 bits per heavy atom. The van der Waals surface area contributed by atoms with Crippen molar-refractivity contribution < 1.29 is 9.90 Å². The third kappa shape index (κ3) is 2.64. The van der Waals surface area contributed by atoms with Gasteiger partial charge in [-0.25, -0.2) is 9.48 Å². The van der Waals surface area contributed by atoms with E-state index in [1.165, 1.54) is 7.05 Å². The van der Waals surface area contributed by atoms with E-state index >= 15 is 0 Å². The number of aromatic nitrogens is 2. The van der Waals surface area contributed by atoms with Crippen molar-refractivity contribution in [3.05, 3.63) is 76.6 Å². The highest BCUT2D eigenvalue weighted by Gasteiger charge is 2.23. The highest BCUT2D eigenvalue weighted by atomic mass is 16.4. The van der Waals surface area contributed by atoms with Crippen LogP contribution in [0, 0.1) is 0 Å². The van der Waals surface area contributed by atoms with Crippen LogP contribution in [0.25, 0.3) is 22.4 Å². The first-order chi connectivity index (χ1) is 11.1. The quantitative estimate of drug-likeness (QED) is 0.807. The number of aryl methyl sites for hydroxylation is 1. The second kappa shape index (κ2) is 5.88. The molecule has 0 radical (unpaired) electrons. The normalized spacial score (nSPS) is 10.5. The number of carboxylic acid groups (broad SMARTS) is 1. The van der Waals surface area contributed by atoms with Gasteiger partial charge in [0, 0.05) is 18.2 Å². The molecule has 0 amide bonds. The molecule has 5 nitrogen and oxygen atoms in total. The third-order valence-corrected chi connectivity index (χ3v) is 3.57. The zero-order chi connectivity index (χ0) is 16.4. The molecule has 3 aromatic rings. The summed E-state index contributed by atoms with van der Waals surface area (Å²) in [7, 11) is 1.45. The molecular weight excluding hydrogens is 292 g/mol. The first kappa shape index (κ1) is 14.7. The van der Waals surface area contributed by atoms with E-state index < -0.39 is 11.5 Å². The van der Waals surface area contributed by atoms with Gasteiger partial charge in [0.15, 0.2) is 0 Å². The van der Waals surface area contributed by atoms with Crippen LogP contribution in [0.3, 0.4) is 0 Å². The van der Waals surface area contributed by atoms with Gasteiger partial charge >= 0.3 is 5.97 Å². The number of hydrogen-bond donors (Lipinski definition) is 1. The molecule has 114 valence electrons. The van der Waals surface area contributed by atoms with E-state index in [0.717, 1.165) is 10.2 Å². The maximum atomic E-state index is 12.3. The van der Waals surface area contributed by atoms with Crippen LogP contribution < -0.4 is 5.56 Å². The van der Waals surface area contributed by atoms with Gasteiger partial charge in [-0.1, -0.05) is 60.7 Å².